The third-order valence-corrected chi connectivity index (χ3v) is 2.54. The van der Waals surface area contributed by atoms with Gasteiger partial charge in [-0.2, -0.15) is 0 Å². The van der Waals surface area contributed by atoms with Gasteiger partial charge in [0, 0.05) is 0 Å². The fraction of sp³-hybridized carbons (Fsp3) is 1.00. The molecule has 0 amide bonds. The van der Waals surface area contributed by atoms with Crippen molar-refractivity contribution in [3.8, 4) is 0 Å². The highest BCUT2D eigenvalue weighted by atomic mass is 31.2. The van der Waals surface area contributed by atoms with Crippen LogP contribution in [-0.2, 0) is 18.3 Å². The SMILES string of the molecule is CCOP(OCC)OCC1CO1. The summed E-state index contributed by atoms with van der Waals surface area (Å²) >= 11 is 0. The minimum atomic E-state index is -1.13. The lowest BCUT2D eigenvalue weighted by molar-refractivity contribution is 0.160. The maximum Gasteiger partial charge on any atom is 0.332 e. The summed E-state index contributed by atoms with van der Waals surface area (Å²) in [4.78, 5) is 0. The normalized spacial score (nSPS) is 21.8. The van der Waals surface area contributed by atoms with Crippen LogP contribution in [0.15, 0.2) is 0 Å². The standard InChI is InChI=1S/C7H15O4P/c1-3-9-12(10-4-2)11-6-7-5-8-7/h7H,3-6H2,1-2H3. The van der Waals surface area contributed by atoms with Crippen LogP contribution in [0.5, 0.6) is 0 Å². The van der Waals surface area contributed by atoms with Crippen molar-refractivity contribution in [1.82, 2.24) is 0 Å². The van der Waals surface area contributed by atoms with Crippen molar-refractivity contribution < 1.29 is 18.3 Å². The monoisotopic (exact) mass is 194 g/mol. The van der Waals surface area contributed by atoms with Crippen LogP contribution in [0.2, 0.25) is 0 Å². The van der Waals surface area contributed by atoms with E-state index in [2.05, 4.69) is 0 Å². The Morgan fingerprint density at radius 3 is 2.25 bits per heavy atom. The van der Waals surface area contributed by atoms with E-state index in [0.29, 0.717) is 19.8 Å². The quantitative estimate of drug-likeness (QED) is 0.457. The van der Waals surface area contributed by atoms with E-state index in [9.17, 15) is 0 Å². The largest absolute Gasteiger partial charge is 0.371 e. The number of ether oxygens (including phenoxy) is 1. The summed E-state index contributed by atoms with van der Waals surface area (Å²) < 4.78 is 20.8. The molecule has 0 N–H and O–H groups in total. The molecule has 0 aromatic heterocycles. The van der Waals surface area contributed by atoms with Gasteiger partial charge in [0.1, 0.15) is 6.10 Å². The lowest BCUT2D eigenvalue weighted by atomic mass is 10.5. The van der Waals surface area contributed by atoms with E-state index in [-0.39, 0.29) is 6.10 Å². The number of hydrogen-bond donors (Lipinski definition) is 0. The smallest absolute Gasteiger partial charge is 0.332 e. The van der Waals surface area contributed by atoms with E-state index in [0.717, 1.165) is 6.61 Å². The topological polar surface area (TPSA) is 40.2 Å². The Balaban J connectivity index is 2.03. The average Bonchev–Trinajstić information content (AvgIpc) is 2.84. The zero-order valence-electron chi connectivity index (χ0n) is 7.49. The highest BCUT2D eigenvalue weighted by Crippen LogP contribution is 2.39. The van der Waals surface area contributed by atoms with Crippen LogP contribution < -0.4 is 0 Å². The van der Waals surface area contributed by atoms with Crippen LogP contribution in [0, 0.1) is 0 Å². The lowest BCUT2D eigenvalue weighted by Gasteiger charge is -2.13. The van der Waals surface area contributed by atoms with Crippen molar-refractivity contribution in [1.29, 1.82) is 0 Å². The van der Waals surface area contributed by atoms with Gasteiger partial charge in [-0.25, -0.2) is 0 Å². The Morgan fingerprint density at radius 2 is 1.83 bits per heavy atom. The van der Waals surface area contributed by atoms with Crippen molar-refractivity contribution in [3.63, 3.8) is 0 Å². The highest BCUT2D eigenvalue weighted by Gasteiger charge is 2.25. The molecule has 0 aliphatic carbocycles. The Morgan fingerprint density at radius 1 is 1.25 bits per heavy atom. The summed E-state index contributed by atoms with van der Waals surface area (Å²) in [5.41, 5.74) is 0. The molecule has 0 aromatic carbocycles. The van der Waals surface area contributed by atoms with Crippen LogP contribution >= 0.6 is 8.60 Å². The number of epoxide rings is 1. The molecule has 4 nitrogen and oxygen atoms in total. The molecule has 1 rings (SSSR count). The van der Waals surface area contributed by atoms with E-state index in [4.69, 9.17) is 18.3 Å². The molecule has 0 bridgehead atoms. The minimum Gasteiger partial charge on any atom is -0.371 e. The van der Waals surface area contributed by atoms with Crippen molar-refractivity contribution in [3.05, 3.63) is 0 Å². The van der Waals surface area contributed by atoms with Crippen molar-refractivity contribution in [2.75, 3.05) is 26.4 Å². The molecule has 1 unspecified atom stereocenters. The molecule has 12 heavy (non-hydrogen) atoms. The first-order valence-corrected chi connectivity index (χ1v) is 5.26. The second-order valence-electron chi connectivity index (χ2n) is 2.31. The second-order valence-corrected chi connectivity index (χ2v) is 3.53. The summed E-state index contributed by atoms with van der Waals surface area (Å²) in [7, 11) is -1.13. The molecule has 1 heterocycles. The van der Waals surface area contributed by atoms with Crippen molar-refractivity contribution in [2.45, 2.75) is 20.0 Å². The third kappa shape index (κ3) is 4.33. The summed E-state index contributed by atoms with van der Waals surface area (Å²) in [6, 6.07) is 0. The molecule has 1 aliphatic heterocycles. The van der Waals surface area contributed by atoms with Gasteiger partial charge in [0.2, 0.25) is 0 Å². The highest BCUT2D eigenvalue weighted by molar-refractivity contribution is 7.41. The van der Waals surface area contributed by atoms with Gasteiger partial charge >= 0.3 is 8.60 Å². The Hall–Kier alpha value is 0.270. The fourth-order valence-electron chi connectivity index (χ4n) is 0.631. The second kappa shape index (κ2) is 5.84. The fourth-order valence-corrected chi connectivity index (χ4v) is 1.56. The maximum absolute atomic E-state index is 5.34. The predicted octanol–water partition coefficient (Wildman–Crippen LogP) is 1.70. The van der Waals surface area contributed by atoms with E-state index in [1.54, 1.807) is 0 Å². The minimum absolute atomic E-state index is 0.274. The van der Waals surface area contributed by atoms with E-state index in [1.165, 1.54) is 0 Å². The first kappa shape index (κ1) is 10.4. The molecular weight excluding hydrogens is 179 g/mol. The van der Waals surface area contributed by atoms with Gasteiger partial charge < -0.3 is 18.3 Å². The third-order valence-electron chi connectivity index (χ3n) is 1.24. The lowest BCUT2D eigenvalue weighted by Crippen LogP contribution is -2.01. The average molecular weight is 194 g/mol. The van der Waals surface area contributed by atoms with Crippen LogP contribution in [-0.4, -0.2) is 32.5 Å². The van der Waals surface area contributed by atoms with E-state index >= 15 is 0 Å². The van der Waals surface area contributed by atoms with Gasteiger partial charge in [-0.1, -0.05) is 0 Å². The number of hydrogen-bond acceptors (Lipinski definition) is 4. The maximum atomic E-state index is 5.34. The van der Waals surface area contributed by atoms with Crippen LogP contribution in [0.3, 0.4) is 0 Å². The Labute approximate surface area is 74.1 Å². The summed E-state index contributed by atoms with van der Waals surface area (Å²) in [5.74, 6) is 0. The molecule has 1 aliphatic rings. The molecule has 0 aromatic rings. The van der Waals surface area contributed by atoms with Crippen molar-refractivity contribution in [2.24, 2.45) is 0 Å². The molecule has 1 atom stereocenters. The van der Waals surface area contributed by atoms with Crippen LogP contribution in [0.4, 0.5) is 0 Å². The van der Waals surface area contributed by atoms with Gasteiger partial charge in [0.25, 0.3) is 0 Å². The number of rotatable bonds is 7. The van der Waals surface area contributed by atoms with Gasteiger partial charge in [0.05, 0.1) is 26.4 Å². The van der Waals surface area contributed by atoms with E-state index in [1.807, 2.05) is 13.8 Å². The van der Waals surface area contributed by atoms with Gasteiger partial charge in [-0.05, 0) is 13.8 Å². The van der Waals surface area contributed by atoms with Gasteiger partial charge in [-0.3, -0.25) is 0 Å². The molecule has 0 saturated carbocycles. The predicted molar refractivity (Wildman–Crippen MR) is 45.9 cm³/mol. The molecule has 0 radical (unpaired) electrons. The molecule has 1 fully saturated rings. The first-order chi connectivity index (χ1) is 5.86. The summed E-state index contributed by atoms with van der Waals surface area (Å²) in [6.07, 6.45) is 0.274. The molecule has 72 valence electrons. The molecule has 0 spiro atoms. The molecule has 1 saturated heterocycles. The van der Waals surface area contributed by atoms with Crippen LogP contribution in [0.1, 0.15) is 13.8 Å². The molecular formula is C7H15O4P. The molecule has 5 heteroatoms. The Kier molecular flexibility index (Phi) is 5.04. The van der Waals surface area contributed by atoms with Gasteiger partial charge in [0.15, 0.2) is 0 Å². The summed E-state index contributed by atoms with van der Waals surface area (Å²) in [6.45, 7) is 6.48. The summed E-state index contributed by atoms with van der Waals surface area (Å²) in [5, 5.41) is 0. The van der Waals surface area contributed by atoms with Crippen LogP contribution in [0.25, 0.3) is 0 Å². The van der Waals surface area contributed by atoms with Crippen molar-refractivity contribution >= 4 is 8.60 Å². The Bertz CT molecular complexity index is 112. The van der Waals surface area contributed by atoms with E-state index < -0.39 is 8.60 Å². The van der Waals surface area contributed by atoms with Gasteiger partial charge in [-0.15, -0.1) is 0 Å². The zero-order chi connectivity index (χ0) is 8.81. The zero-order valence-corrected chi connectivity index (χ0v) is 8.38. The first-order valence-electron chi connectivity index (χ1n) is 4.17.